The Bertz CT molecular complexity index is 515. The summed E-state index contributed by atoms with van der Waals surface area (Å²) in [7, 11) is 0. The van der Waals surface area contributed by atoms with Crippen molar-refractivity contribution in [3.63, 3.8) is 0 Å². The first kappa shape index (κ1) is 15.5. The Morgan fingerprint density at radius 1 is 1.11 bits per heavy atom. The third-order valence-corrected chi connectivity index (χ3v) is 2.81. The Morgan fingerprint density at radius 3 is 2.37 bits per heavy atom. The van der Waals surface area contributed by atoms with Gasteiger partial charge in [-0.05, 0) is 36.2 Å². The zero-order chi connectivity index (χ0) is 12.8. The molecule has 0 saturated carbocycles. The lowest BCUT2D eigenvalue weighted by atomic mass is 10.1. The van der Waals surface area contributed by atoms with E-state index >= 15 is 0 Å². The van der Waals surface area contributed by atoms with Crippen LogP contribution in [0.25, 0.3) is 0 Å². The number of rotatable bonds is 4. The molecule has 0 aliphatic carbocycles. The van der Waals surface area contributed by atoms with Crippen molar-refractivity contribution in [2.75, 3.05) is 6.54 Å². The first-order valence-corrected chi connectivity index (χ1v) is 6.06. The zero-order valence-corrected chi connectivity index (χ0v) is 11.7. The van der Waals surface area contributed by atoms with Crippen molar-refractivity contribution in [3.8, 4) is 0 Å². The molecule has 100 valence electrons. The number of carbonyl (C=O) groups excluding carboxylic acids is 1. The van der Waals surface area contributed by atoms with Crippen LogP contribution in [-0.2, 0) is 6.42 Å². The number of nitrogens with one attached hydrogen (secondary N) is 1. The van der Waals surface area contributed by atoms with Gasteiger partial charge in [0.15, 0.2) is 0 Å². The van der Waals surface area contributed by atoms with E-state index < -0.39 is 0 Å². The summed E-state index contributed by atoms with van der Waals surface area (Å²) < 4.78 is 0. The summed E-state index contributed by atoms with van der Waals surface area (Å²) in [6, 6.07) is 11.0. The summed E-state index contributed by atoms with van der Waals surface area (Å²) in [5.74, 6) is -0.0774. The quantitative estimate of drug-likeness (QED) is 0.942. The summed E-state index contributed by atoms with van der Waals surface area (Å²) in [6.45, 7) is 0.600. The number of benzene rings is 1. The van der Waals surface area contributed by atoms with Crippen LogP contribution in [0.1, 0.15) is 15.9 Å². The normalized spacial score (nSPS) is 9.53. The predicted octanol–water partition coefficient (Wildman–Crippen LogP) is 3.13. The Hall–Kier alpha value is -1.58. The molecule has 1 heterocycles. The van der Waals surface area contributed by atoms with Crippen LogP contribution in [0.2, 0.25) is 5.02 Å². The van der Waals surface area contributed by atoms with E-state index in [-0.39, 0.29) is 18.3 Å². The second-order valence-electron chi connectivity index (χ2n) is 3.87. The number of carbonyl (C=O) groups is 1. The van der Waals surface area contributed by atoms with Gasteiger partial charge in [0, 0.05) is 29.5 Å². The molecule has 2 aromatic rings. The molecule has 1 aromatic carbocycles. The van der Waals surface area contributed by atoms with Gasteiger partial charge in [0.25, 0.3) is 5.91 Å². The molecule has 0 aliphatic rings. The average Bonchev–Trinajstić information content (AvgIpc) is 2.42. The Labute approximate surface area is 123 Å². The van der Waals surface area contributed by atoms with E-state index in [1.807, 2.05) is 24.3 Å². The Kier molecular flexibility index (Phi) is 6.33. The zero-order valence-electron chi connectivity index (χ0n) is 10.2. The van der Waals surface area contributed by atoms with Gasteiger partial charge >= 0.3 is 0 Å². The SMILES string of the molecule is Cl.O=C(NCCc1ccc(Cl)cc1)c1ccncc1. The van der Waals surface area contributed by atoms with Crippen LogP contribution in [0.5, 0.6) is 0 Å². The molecule has 19 heavy (non-hydrogen) atoms. The lowest BCUT2D eigenvalue weighted by molar-refractivity contribution is 0.0954. The second-order valence-corrected chi connectivity index (χ2v) is 4.30. The van der Waals surface area contributed by atoms with Crippen molar-refractivity contribution >= 4 is 29.9 Å². The maximum atomic E-state index is 11.7. The van der Waals surface area contributed by atoms with Gasteiger partial charge in [-0.25, -0.2) is 0 Å². The molecule has 1 N–H and O–H groups in total. The fraction of sp³-hybridized carbons (Fsp3) is 0.143. The number of amides is 1. The molecular weight excluding hydrogens is 283 g/mol. The van der Waals surface area contributed by atoms with E-state index in [0.29, 0.717) is 12.1 Å². The molecule has 1 amide bonds. The number of nitrogens with zero attached hydrogens (tertiary/aromatic N) is 1. The molecule has 0 atom stereocenters. The molecule has 5 heteroatoms. The number of pyridine rings is 1. The lowest BCUT2D eigenvalue weighted by Gasteiger charge is -2.05. The van der Waals surface area contributed by atoms with Crippen molar-refractivity contribution in [2.45, 2.75) is 6.42 Å². The molecule has 1 aromatic heterocycles. The van der Waals surface area contributed by atoms with Gasteiger partial charge in [0.05, 0.1) is 0 Å². The first-order chi connectivity index (χ1) is 8.75. The molecule has 3 nitrogen and oxygen atoms in total. The summed E-state index contributed by atoms with van der Waals surface area (Å²) in [6.07, 6.45) is 4.00. The van der Waals surface area contributed by atoms with Crippen LogP contribution < -0.4 is 5.32 Å². The van der Waals surface area contributed by atoms with Gasteiger partial charge in [0.1, 0.15) is 0 Å². The van der Waals surface area contributed by atoms with E-state index in [2.05, 4.69) is 10.3 Å². The minimum Gasteiger partial charge on any atom is -0.352 e. The number of hydrogen-bond acceptors (Lipinski definition) is 2. The van der Waals surface area contributed by atoms with Crippen LogP contribution in [0, 0.1) is 0 Å². The monoisotopic (exact) mass is 296 g/mol. The lowest BCUT2D eigenvalue weighted by Crippen LogP contribution is -2.25. The number of hydrogen-bond donors (Lipinski definition) is 1. The van der Waals surface area contributed by atoms with Crippen LogP contribution in [0.15, 0.2) is 48.8 Å². The van der Waals surface area contributed by atoms with Gasteiger partial charge in [-0.15, -0.1) is 12.4 Å². The van der Waals surface area contributed by atoms with E-state index in [0.717, 1.165) is 17.0 Å². The van der Waals surface area contributed by atoms with E-state index in [1.54, 1.807) is 24.5 Å². The largest absolute Gasteiger partial charge is 0.352 e. The van der Waals surface area contributed by atoms with Gasteiger partial charge in [-0.2, -0.15) is 0 Å². The molecular formula is C14H14Cl2N2O. The molecule has 0 aliphatic heterocycles. The second kappa shape index (κ2) is 7.77. The highest BCUT2D eigenvalue weighted by atomic mass is 35.5. The van der Waals surface area contributed by atoms with Gasteiger partial charge in [-0.3, -0.25) is 9.78 Å². The molecule has 0 radical (unpaired) electrons. The van der Waals surface area contributed by atoms with Crippen molar-refractivity contribution in [3.05, 3.63) is 64.9 Å². The van der Waals surface area contributed by atoms with Crippen molar-refractivity contribution < 1.29 is 4.79 Å². The number of aromatic nitrogens is 1. The highest BCUT2D eigenvalue weighted by molar-refractivity contribution is 6.30. The van der Waals surface area contributed by atoms with Crippen LogP contribution in [-0.4, -0.2) is 17.4 Å². The summed E-state index contributed by atoms with van der Waals surface area (Å²) in [5.41, 5.74) is 1.77. The fourth-order valence-corrected chi connectivity index (χ4v) is 1.70. The van der Waals surface area contributed by atoms with E-state index in [1.165, 1.54) is 0 Å². The summed E-state index contributed by atoms with van der Waals surface area (Å²) >= 11 is 5.80. The molecule has 0 fully saturated rings. The van der Waals surface area contributed by atoms with Crippen molar-refractivity contribution in [1.29, 1.82) is 0 Å². The van der Waals surface area contributed by atoms with Crippen LogP contribution in [0.4, 0.5) is 0 Å². The van der Waals surface area contributed by atoms with Gasteiger partial charge < -0.3 is 5.32 Å². The average molecular weight is 297 g/mol. The third kappa shape index (κ3) is 4.89. The molecule has 0 unspecified atom stereocenters. The highest BCUT2D eigenvalue weighted by Gasteiger charge is 2.03. The van der Waals surface area contributed by atoms with Crippen LogP contribution in [0.3, 0.4) is 0 Å². The van der Waals surface area contributed by atoms with Gasteiger partial charge in [0.2, 0.25) is 0 Å². The highest BCUT2D eigenvalue weighted by Crippen LogP contribution is 2.09. The minimum absolute atomic E-state index is 0. The number of halogens is 2. The standard InChI is InChI=1S/C14H13ClN2O.ClH/c15-13-3-1-11(2-4-13)5-10-17-14(18)12-6-8-16-9-7-12;/h1-4,6-9H,5,10H2,(H,17,18);1H. The van der Waals surface area contributed by atoms with E-state index in [4.69, 9.17) is 11.6 Å². The molecule has 2 rings (SSSR count). The summed E-state index contributed by atoms with van der Waals surface area (Å²) in [5, 5.41) is 3.58. The molecule has 0 spiro atoms. The Morgan fingerprint density at radius 2 is 1.74 bits per heavy atom. The minimum atomic E-state index is -0.0774. The molecule has 0 bridgehead atoms. The summed E-state index contributed by atoms with van der Waals surface area (Å²) in [4.78, 5) is 15.6. The molecule has 0 saturated heterocycles. The van der Waals surface area contributed by atoms with E-state index in [9.17, 15) is 4.79 Å². The predicted molar refractivity (Wildman–Crippen MR) is 79.0 cm³/mol. The van der Waals surface area contributed by atoms with Crippen molar-refractivity contribution in [2.24, 2.45) is 0 Å². The van der Waals surface area contributed by atoms with Crippen LogP contribution >= 0.6 is 24.0 Å². The van der Waals surface area contributed by atoms with Gasteiger partial charge in [-0.1, -0.05) is 23.7 Å². The maximum Gasteiger partial charge on any atom is 0.251 e. The third-order valence-electron chi connectivity index (χ3n) is 2.55. The first-order valence-electron chi connectivity index (χ1n) is 5.68. The fourth-order valence-electron chi connectivity index (χ4n) is 1.58. The topological polar surface area (TPSA) is 42.0 Å². The Balaban J connectivity index is 0.00000180. The van der Waals surface area contributed by atoms with Crippen molar-refractivity contribution in [1.82, 2.24) is 10.3 Å². The smallest absolute Gasteiger partial charge is 0.251 e. The maximum absolute atomic E-state index is 11.7.